The summed E-state index contributed by atoms with van der Waals surface area (Å²) in [4.78, 5) is 33.0. The average molecular weight is 438 g/mol. The summed E-state index contributed by atoms with van der Waals surface area (Å²) in [6.45, 7) is 0. The van der Waals surface area contributed by atoms with Crippen molar-refractivity contribution < 1.29 is 9.59 Å². The molecule has 1 aromatic heterocycles. The number of hydrogen-bond acceptors (Lipinski definition) is 5. The SMILES string of the molecule is O=C1CCCC(C(=O)Cc2ccc3ncnc(Nc4cccc(Br)c4)c3c2)C1. The minimum Gasteiger partial charge on any atom is -0.340 e. The second-order valence-electron chi connectivity index (χ2n) is 7.18. The van der Waals surface area contributed by atoms with Crippen LogP contribution < -0.4 is 5.32 Å². The number of rotatable bonds is 5. The molecule has 1 aliphatic rings. The number of carbonyl (C=O) groups is 2. The van der Waals surface area contributed by atoms with Crippen LogP contribution in [0.3, 0.4) is 0 Å². The first-order valence-electron chi connectivity index (χ1n) is 9.39. The summed E-state index contributed by atoms with van der Waals surface area (Å²) >= 11 is 3.47. The van der Waals surface area contributed by atoms with Gasteiger partial charge in [0.05, 0.1) is 5.52 Å². The number of benzene rings is 2. The molecule has 1 N–H and O–H groups in total. The van der Waals surface area contributed by atoms with Crippen LogP contribution in [0.5, 0.6) is 0 Å². The van der Waals surface area contributed by atoms with E-state index in [-0.39, 0.29) is 17.5 Å². The van der Waals surface area contributed by atoms with E-state index >= 15 is 0 Å². The Balaban J connectivity index is 1.59. The van der Waals surface area contributed by atoms with Gasteiger partial charge in [-0.25, -0.2) is 9.97 Å². The molecule has 1 unspecified atom stereocenters. The number of carbonyl (C=O) groups excluding carboxylic acids is 2. The van der Waals surface area contributed by atoms with Gasteiger partial charge in [-0.2, -0.15) is 0 Å². The monoisotopic (exact) mass is 437 g/mol. The van der Waals surface area contributed by atoms with Crippen LogP contribution in [0, 0.1) is 5.92 Å². The van der Waals surface area contributed by atoms with Gasteiger partial charge >= 0.3 is 0 Å². The normalized spacial score (nSPS) is 16.9. The number of ketones is 2. The maximum Gasteiger partial charge on any atom is 0.141 e. The second kappa shape index (κ2) is 8.19. The van der Waals surface area contributed by atoms with Crippen molar-refractivity contribution in [1.29, 1.82) is 0 Å². The predicted molar refractivity (Wildman–Crippen MR) is 113 cm³/mol. The van der Waals surface area contributed by atoms with Crippen molar-refractivity contribution in [2.24, 2.45) is 5.92 Å². The van der Waals surface area contributed by atoms with Crippen molar-refractivity contribution >= 4 is 49.9 Å². The Morgan fingerprint density at radius 2 is 2.07 bits per heavy atom. The minimum absolute atomic E-state index is 0.136. The Bertz CT molecular complexity index is 1050. The molecule has 1 aliphatic carbocycles. The molecule has 0 bridgehead atoms. The summed E-state index contributed by atoms with van der Waals surface area (Å²) in [5.41, 5.74) is 2.65. The lowest BCUT2D eigenvalue weighted by Crippen LogP contribution is -2.24. The molecule has 1 saturated carbocycles. The molecule has 1 atom stereocenters. The van der Waals surface area contributed by atoms with Crippen molar-refractivity contribution in [2.45, 2.75) is 32.1 Å². The van der Waals surface area contributed by atoms with Crippen LogP contribution in [-0.4, -0.2) is 21.5 Å². The average Bonchev–Trinajstić information content (AvgIpc) is 2.68. The van der Waals surface area contributed by atoms with E-state index in [1.807, 2.05) is 42.5 Å². The van der Waals surface area contributed by atoms with E-state index in [9.17, 15) is 9.59 Å². The van der Waals surface area contributed by atoms with Gasteiger partial charge in [0.2, 0.25) is 0 Å². The smallest absolute Gasteiger partial charge is 0.141 e. The molecule has 0 amide bonds. The highest BCUT2D eigenvalue weighted by molar-refractivity contribution is 9.10. The number of hydrogen-bond donors (Lipinski definition) is 1. The van der Waals surface area contributed by atoms with Crippen molar-refractivity contribution in [1.82, 2.24) is 9.97 Å². The van der Waals surface area contributed by atoms with E-state index in [0.717, 1.165) is 39.5 Å². The van der Waals surface area contributed by atoms with Crippen LogP contribution >= 0.6 is 15.9 Å². The summed E-state index contributed by atoms with van der Waals surface area (Å²) in [6.07, 6.45) is 4.51. The van der Waals surface area contributed by atoms with Gasteiger partial charge in [0, 0.05) is 40.7 Å². The van der Waals surface area contributed by atoms with E-state index in [4.69, 9.17) is 0 Å². The molecule has 0 saturated heterocycles. The summed E-state index contributed by atoms with van der Waals surface area (Å²) < 4.78 is 0.976. The number of anilines is 2. The third kappa shape index (κ3) is 4.28. The highest BCUT2D eigenvalue weighted by Crippen LogP contribution is 2.27. The standard InChI is InChI=1S/C22H20BrN3O2/c23-16-4-2-5-17(12-16)26-22-19-9-14(7-8-20(19)24-13-25-22)10-21(28)15-3-1-6-18(27)11-15/h2,4-5,7-9,12-13,15H,1,3,6,10-11H2,(H,24,25,26). The maximum absolute atomic E-state index is 12.7. The van der Waals surface area contributed by atoms with Gasteiger partial charge in [-0.05, 0) is 48.7 Å². The topological polar surface area (TPSA) is 72.0 Å². The van der Waals surface area contributed by atoms with Crippen LogP contribution in [0.4, 0.5) is 11.5 Å². The van der Waals surface area contributed by atoms with Gasteiger partial charge in [-0.3, -0.25) is 9.59 Å². The minimum atomic E-state index is -0.136. The number of fused-ring (bicyclic) bond motifs is 1. The third-order valence-corrected chi connectivity index (χ3v) is 5.60. The van der Waals surface area contributed by atoms with E-state index in [0.29, 0.717) is 25.1 Å². The second-order valence-corrected chi connectivity index (χ2v) is 8.10. The van der Waals surface area contributed by atoms with Gasteiger partial charge in [-0.15, -0.1) is 0 Å². The first kappa shape index (κ1) is 18.7. The molecule has 1 fully saturated rings. The Morgan fingerprint density at radius 3 is 2.89 bits per heavy atom. The van der Waals surface area contributed by atoms with E-state index in [2.05, 4.69) is 31.2 Å². The van der Waals surface area contributed by atoms with Crippen LogP contribution in [0.25, 0.3) is 10.9 Å². The summed E-state index contributed by atoms with van der Waals surface area (Å²) in [5.74, 6) is 0.913. The zero-order chi connectivity index (χ0) is 19.5. The van der Waals surface area contributed by atoms with Crippen LogP contribution in [0.2, 0.25) is 0 Å². The molecule has 5 nitrogen and oxygen atoms in total. The molecule has 142 valence electrons. The molecule has 3 aromatic rings. The van der Waals surface area contributed by atoms with E-state index < -0.39 is 0 Å². The Morgan fingerprint density at radius 1 is 1.18 bits per heavy atom. The lowest BCUT2D eigenvalue weighted by molar-refractivity contribution is -0.129. The van der Waals surface area contributed by atoms with Crippen molar-refractivity contribution in [3.8, 4) is 0 Å². The molecule has 0 aliphatic heterocycles. The first-order valence-corrected chi connectivity index (χ1v) is 10.2. The lowest BCUT2D eigenvalue weighted by atomic mass is 9.83. The molecule has 1 heterocycles. The largest absolute Gasteiger partial charge is 0.340 e. The number of aromatic nitrogens is 2. The van der Waals surface area contributed by atoms with E-state index in [1.165, 1.54) is 6.33 Å². The highest BCUT2D eigenvalue weighted by atomic mass is 79.9. The van der Waals surface area contributed by atoms with Crippen molar-refractivity contribution in [3.63, 3.8) is 0 Å². The Hall–Kier alpha value is -2.60. The van der Waals surface area contributed by atoms with Gasteiger partial charge in [0.1, 0.15) is 23.7 Å². The summed E-state index contributed by atoms with van der Waals surface area (Å²) in [5, 5.41) is 4.19. The summed E-state index contributed by atoms with van der Waals surface area (Å²) in [6, 6.07) is 13.7. The van der Waals surface area contributed by atoms with Gasteiger partial charge < -0.3 is 5.32 Å². The molecular weight excluding hydrogens is 418 g/mol. The van der Waals surface area contributed by atoms with Gasteiger partial charge in [0.25, 0.3) is 0 Å². The fourth-order valence-corrected chi connectivity index (χ4v) is 4.06. The highest BCUT2D eigenvalue weighted by Gasteiger charge is 2.25. The molecular formula is C22H20BrN3O2. The molecule has 2 aromatic carbocycles. The quantitative estimate of drug-likeness (QED) is 0.607. The number of nitrogens with zero attached hydrogens (tertiary/aromatic N) is 2. The molecule has 28 heavy (non-hydrogen) atoms. The van der Waals surface area contributed by atoms with E-state index in [1.54, 1.807) is 0 Å². The molecule has 6 heteroatoms. The maximum atomic E-state index is 12.7. The summed E-state index contributed by atoms with van der Waals surface area (Å²) in [7, 11) is 0. The molecule has 0 spiro atoms. The Kier molecular flexibility index (Phi) is 5.48. The fourth-order valence-electron chi connectivity index (χ4n) is 3.66. The van der Waals surface area contributed by atoms with Crippen LogP contribution in [0.1, 0.15) is 31.2 Å². The van der Waals surface area contributed by atoms with Gasteiger partial charge in [-0.1, -0.05) is 28.1 Å². The van der Waals surface area contributed by atoms with Crippen LogP contribution in [-0.2, 0) is 16.0 Å². The molecule has 4 rings (SSSR count). The third-order valence-electron chi connectivity index (χ3n) is 5.10. The number of halogens is 1. The van der Waals surface area contributed by atoms with Crippen LogP contribution in [0.15, 0.2) is 53.3 Å². The zero-order valence-electron chi connectivity index (χ0n) is 15.3. The Labute approximate surface area is 171 Å². The van der Waals surface area contributed by atoms with Gasteiger partial charge in [0.15, 0.2) is 0 Å². The molecule has 0 radical (unpaired) electrons. The number of nitrogens with one attached hydrogen (secondary N) is 1. The fraction of sp³-hybridized carbons (Fsp3) is 0.273. The first-order chi connectivity index (χ1) is 13.6. The predicted octanol–water partition coefficient (Wildman–Crippen LogP) is 5.01. The van der Waals surface area contributed by atoms with Crippen molar-refractivity contribution in [3.05, 3.63) is 58.8 Å². The number of Topliss-reactive ketones (excluding diaryl/α,β-unsaturated/α-hetero) is 2. The lowest BCUT2D eigenvalue weighted by Gasteiger charge is -2.19. The van der Waals surface area contributed by atoms with Crippen molar-refractivity contribution in [2.75, 3.05) is 5.32 Å². The zero-order valence-corrected chi connectivity index (χ0v) is 16.9.